The molecule has 3 nitrogen and oxygen atoms in total. The van der Waals surface area contributed by atoms with Gasteiger partial charge in [0, 0.05) is 5.92 Å². The topological polar surface area (TPSA) is 35.5 Å². The molecule has 1 aliphatic carbocycles. The number of hydrogen-bond acceptors (Lipinski definition) is 3. The van der Waals surface area contributed by atoms with E-state index in [0.29, 0.717) is 18.4 Å². The van der Waals surface area contributed by atoms with Gasteiger partial charge in [0.15, 0.2) is 0 Å². The zero-order valence-corrected chi connectivity index (χ0v) is 11.0. The molecule has 0 aromatic carbocycles. The first kappa shape index (κ1) is 12.9. The highest BCUT2D eigenvalue weighted by Crippen LogP contribution is 2.32. The molecule has 3 heteroatoms. The summed E-state index contributed by atoms with van der Waals surface area (Å²) in [4.78, 5) is 11.9. The second-order valence-electron chi connectivity index (χ2n) is 5.53. The van der Waals surface area contributed by atoms with Crippen LogP contribution in [0.15, 0.2) is 0 Å². The summed E-state index contributed by atoms with van der Waals surface area (Å²) in [5, 5.41) is 0. The van der Waals surface area contributed by atoms with Gasteiger partial charge in [-0.1, -0.05) is 39.5 Å². The fraction of sp³-hybridized carbons (Fsp3) is 0.929. The quantitative estimate of drug-likeness (QED) is 0.711. The van der Waals surface area contributed by atoms with Crippen LogP contribution in [0.25, 0.3) is 0 Å². The number of ether oxygens (including phenoxy) is 2. The number of hydrogen-bond donors (Lipinski definition) is 0. The van der Waals surface area contributed by atoms with E-state index in [4.69, 9.17) is 9.47 Å². The Morgan fingerprint density at radius 1 is 1.29 bits per heavy atom. The zero-order valence-electron chi connectivity index (χ0n) is 11.0. The highest BCUT2D eigenvalue weighted by atomic mass is 16.7. The maximum Gasteiger partial charge on any atom is 0.313 e. The maximum absolute atomic E-state index is 11.9. The molecule has 3 atom stereocenters. The Bertz CT molecular complexity index is 258. The average molecular weight is 240 g/mol. The molecule has 0 bridgehead atoms. The third kappa shape index (κ3) is 3.01. The van der Waals surface area contributed by atoms with Crippen molar-refractivity contribution in [2.45, 2.75) is 58.7 Å². The van der Waals surface area contributed by atoms with Crippen molar-refractivity contribution in [3.05, 3.63) is 0 Å². The van der Waals surface area contributed by atoms with E-state index in [1.807, 2.05) is 0 Å². The van der Waals surface area contributed by atoms with Crippen LogP contribution in [-0.4, -0.2) is 18.9 Å². The van der Waals surface area contributed by atoms with Gasteiger partial charge in [0.2, 0.25) is 6.29 Å². The first-order chi connectivity index (χ1) is 8.22. The van der Waals surface area contributed by atoms with Crippen molar-refractivity contribution in [3.63, 3.8) is 0 Å². The molecule has 2 aliphatic rings. The Hall–Kier alpha value is -0.570. The standard InChI is InChI=1S/C14H24O3/c1-3-10(2)12-9-16-14(17-13(12)15)11-7-5-4-6-8-11/h10-12,14H,3-9H2,1-2H3. The van der Waals surface area contributed by atoms with Gasteiger partial charge in [0.25, 0.3) is 0 Å². The zero-order chi connectivity index (χ0) is 12.3. The predicted octanol–water partition coefficient (Wildman–Crippen LogP) is 3.13. The molecule has 1 aliphatic heterocycles. The van der Waals surface area contributed by atoms with Gasteiger partial charge in [-0.3, -0.25) is 4.79 Å². The van der Waals surface area contributed by atoms with Crippen molar-refractivity contribution < 1.29 is 14.3 Å². The molecule has 1 saturated heterocycles. The lowest BCUT2D eigenvalue weighted by Gasteiger charge is -2.36. The van der Waals surface area contributed by atoms with E-state index >= 15 is 0 Å². The lowest BCUT2D eigenvalue weighted by atomic mass is 9.87. The summed E-state index contributed by atoms with van der Waals surface area (Å²) in [6.07, 6.45) is 6.83. The highest BCUT2D eigenvalue weighted by Gasteiger charge is 2.37. The minimum Gasteiger partial charge on any atom is -0.435 e. The maximum atomic E-state index is 11.9. The molecule has 17 heavy (non-hydrogen) atoms. The number of esters is 1. The van der Waals surface area contributed by atoms with Crippen molar-refractivity contribution in [2.24, 2.45) is 17.8 Å². The van der Waals surface area contributed by atoms with Crippen molar-refractivity contribution in [1.29, 1.82) is 0 Å². The third-order valence-corrected chi connectivity index (χ3v) is 4.34. The van der Waals surface area contributed by atoms with Crippen molar-refractivity contribution in [3.8, 4) is 0 Å². The largest absolute Gasteiger partial charge is 0.435 e. The number of carbonyl (C=O) groups excluding carboxylic acids is 1. The monoisotopic (exact) mass is 240 g/mol. The Morgan fingerprint density at radius 2 is 2.00 bits per heavy atom. The third-order valence-electron chi connectivity index (χ3n) is 4.34. The fourth-order valence-electron chi connectivity index (χ4n) is 2.82. The van der Waals surface area contributed by atoms with Gasteiger partial charge in [-0.25, -0.2) is 0 Å². The first-order valence-electron chi connectivity index (χ1n) is 7.04. The fourth-order valence-corrected chi connectivity index (χ4v) is 2.82. The summed E-state index contributed by atoms with van der Waals surface area (Å²) in [5.74, 6) is 0.696. The van der Waals surface area contributed by atoms with Crippen LogP contribution in [0.2, 0.25) is 0 Å². The van der Waals surface area contributed by atoms with Crippen molar-refractivity contribution >= 4 is 5.97 Å². The number of rotatable bonds is 3. The molecule has 2 rings (SSSR count). The summed E-state index contributed by atoms with van der Waals surface area (Å²) in [6, 6.07) is 0. The van der Waals surface area contributed by atoms with Crippen molar-refractivity contribution in [2.75, 3.05) is 6.61 Å². The van der Waals surface area contributed by atoms with E-state index < -0.39 is 0 Å². The van der Waals surface area contributed by atoms with Crippen LogP contribution in [0, 0.1) is 17.8 Å². The molecule has 0 aromatic rings. The van der Waals surface area contributed by atoms with E-state index in [0.717, 1.165) is 19.3 Å². The van der Waals surface area contributed by atoms with Gasteiger partial charge in [0.05, 0.1) is 12.5 Å². The molecular weight excluding hydrogens is 216 g/mol. The van der Waals surface area contributed by atoms with Crippen molar-refractivity contribution in [1.82, 2.24) is 0 Å². The number of cyclic esters (lactones) is 1. The van der Waals surface area contributed by atoms with Gasteiger partial charge in [0.1, 0.15) is 0 Å². The molecule has 0 radical (unpaired) electrons. The molecule has 0 spiro atoms. The van der Waals surface area contributed by atoms with Crippen LogP contribution in [-0.2, 0) is 14.3 Å². The minimum absolute atomic E-state index is 0.0406. The van der Waals surface area contributed by atoms with Gasteiger partial charge in [-0.15, -0.1) is 0 Å². The van der Waals surface area contributed by atoms with E-state index in [9.17, 15) is 4.79 Å². The van der Waals surface area contributed by atoms with Crippen LogP contribution in [0.3, 0.4) is 0 Å². The molecule has 1 saturated carbocycles. The molecule has 0 N–H and O–H groups in total. The lowest BCUT2D eigenvalue weighted by molar-refractivity contribution is -0.229. The van der Waals surface area contributed by atoms with Crippen LogP contribution in [0.4, 0.5) is 0 Å². The van der Waals surface area contributed by atoms with Crippen LogP contribution >= 0.6 is 0 Å². The summed E-state index contributed by atoms with van der Waals surface area (Å²) < 4.78 is 11.3. The second-order valence-corrected chi connectivity index (χ2v) is 5.53. The Morgan fingerprint density at radius 3 is 2.59 bits per heavy atom. The molecule has 2 fully saturated rings. The van der Waals surface area contributed by atoms with Gasteiger partial charge in [-0.05, 0) is 18.8 Å². The molecule has 1 heterocycles. The van der Waals surface area contributed by atoms with E-state index in [1.54, 1.807) is 0 Å². The highest BCUT2D eigenvalue weighted by molar-refractivity contribution is 5.73. The van der Waals surface area contributed by atoms with Gasteiger partial charge >= 0.3 is 5.97 Å². The van der Waals surface area contributed by atoms with Crippen LogP contribution < -0.4 is 0 Å². The second kappa shape index (κ2) is 5.85. The summed E-state index contributed by atoms with van der Waals surface area (Å²) in [7, 11) is 0. The normalized spacial score (nSPS) is 33.2. The Kier molecular flexibility index (Phi) is 4.43. The molecular formula is C14H24O3. The first-order valence-corrected chi connectivity index (χ1v) is 7.04. The Balaban J connectivity index is 1.87. The lowest BCUT2D eigenvalue weighted by Crippen LogP contribution is -2.43. The molecule has 0 aromatic heterocycles. The SMILES string of the molecule is CCC(C)C1COC(C2CCCCC2)OC1=O. The summed E-state index contributed by atoms with van der Waals surface area (Å²) in [6.45, 7) is 4.75. The molecule has 3 unspecified atom stereocenters. The average Bonchev–Trinajstić information content (AvgIpc) is 2.39. The van der Waals surface area contributed by atoms with E-state index in [1.165, 1.54) is 19.3 Å². The van der Waals surface area contributed by atoms with Gasteiger partial charge < -0.3 is 9.47 Å². The summed E-state index contributed by atoms with van der Waals surface area (Å²) >= 11 is 0. The predicted molar refractivity (Wildman–Crippen MR) is 65.4 cm³/mol. The van der Waals surface area contributed by atoms with Crippen LogP contribution in [0.1, 0.15) is 52.4 Å². The van der Waals surface area contributed by atoms with E-state index in [2.05, 4.69) is 13.8 Å². The minimum atomic E-state index is -0.261. The molecule has 0 amide bonds. The smallest absolute Gasteiger partial charge is 0.313 e. The molecule has 98 valence electrons. The van der Waals surface area contributed by atoms with E-state index in [-0.39, 0.29) is 18.2 Å². The Labute approximate surface area is 104 Å². The van der Waals surface area contributed by atoms with Crippen LogP contribution in [0.5, 0.6) is 0 Å². The summed E-state index contributed by atoms with van der Waals surface area (Å²) in [5.41, 5.74) is 0. The number of carbonyl (C=O) groups is 1. The van der Waals surface area contributed by atoms with Gasteiger partial charge in [-0.2, -0.15) is 0 Å².